The van der Waals surface area contributed by atoms with E-state index in [2.05, 4.69) is 15.1 Å². The Kier molecular flexibility index (Phi) is 4.94. The van der Waals surface area contributed by atoms with E-state index in [1.54, 1.807) is 34.4 Å². The Morgan fingerprint density at radius 2 is 2.07 bits per heavy atom. The molecule has 29 heavy (non-hydrogen) atoms. The van der Waals surface area contributed by atoms with Gasteiger partial charge in [0.2, 0.25) is 15.6 Å². The number of nitrogens with zero attached hydrogens (tertiary/aromatic N) is 5. The van der Waals surface area contributed by atoms with E-state index < -0.39 is 27.1 Å². The van der Waals surface area contributed by atoms with Crippen molar-refractivity contribution in [1.82, 2.24) is 19.7 Å². The van der Waals surface area contributed by atoms with Crippen LogP contribution in [0.2, 0.25) is 0 Å². The van der Waals surface area contributed by atoms with Crippen LogP contribution < -0.4 is 4.90 Å². The SMILES string of the molecule is C[C@@]1(O)COCCN(c2nc(S(C)(=O)=O)nc3oc4c(I)nn(C(F)F)c4c23)C1. The first kappa shape index (κ1) is 20.6. The molecular formula is C15H16F2IN5O5S. The predicted octanol–water partition coefficient (Wildman–Crippen LogP) is 1.56. The van der Waals surface area contributed by atoms with Gasteiger partial charge >= 0.3 is 6.55 Å². The number of ether oxygens (including phenoxy) is 1. The molecule has 1 N–H and O–H groups in total. The lowest BCUT2D eigenvalue weighted by atomic mass is 10.1. The molecule has 0 aromatic carbocycles. The van der Waals surface area contributed by atoms with Gasteiger partial charge in [0.15, 0.2) is 9.28 Å². The normalized spacial score (nSPS) is 21.4. The highest BCUT2D eigenvalue weighted by molar-refractivity contribution is 14.1. The molecule has 1 saturated heterocycles. The Bertz CT molecular complexity index is 1210. The molecule has 1 atom stereocenters. The van der Waals surface area contributed by atoms with Crippen LogP contribution in [0.3, 0.4) is 0 Å². The second-order valence-corrected chi connectivity index (χ2v) is 9.98. The van der Waals surface area contributed by atoms with Gasteiger partial charge in [-0.05, 0) is 29.5 Å². The molecule has 0 saturated carbocycles. The smallest absolute Gasteiger partial charge is 0.333 e. The van der Waals surface area contributed by atoms with Crippen molar-refractivity contribution in [3.63, 3.8) is 0 Å². The average molecular weight is 543 g/mol. The number of sulfone groups is 1. The van der Waals surface area contributed by atoms with Crippen LogP contribution >= 0.6 is 22.6 Å². The molecule has 0 aliphatic carbocycles. The molecule has 0 bridgehead atoms. The van der Waals surface area contributed by atoms with Gasteiger partial charge in [0, 0.05) is 12.8 Å². The summed E-state index contributed by atoms with van der Waals surface area (Å²) in [5.41, 5.74) is -1.40. The highest BCUT2D eigenvalue weighted by Crippen LogP contribution is 2.38. The second kappa shape index (κ2) is 6.95. The molecule has 0 amide bonds. The van der Waals surface area contributed by atoms with E-state index in [-0.39, 0.29) is 58.0 Å². The fourth-order valence-electron chi connectivity index (χ4n) is 3.22. The molecule has 158 valence electrons. The molecule has 0 spiro atoms. The molecule has 3 aromatic rings. The van der Waals surface area contributed by atoms with Gasteiger partial charge in [0.05, 0.1) is 19.8 Å². The second-order valence-electron chi connectivity index (χ2n) is 7.05. The van der Waals surface area contributed by atoms with Crippen LogP contribution in [0.1, 0.15) is 13.5 Å². The zero-order valence-corrected chi connectivity index (χ0v) is 18.2. The van der Waals surface area contributed by atoms with Crippen LogP contribution in [-0.2, 0) is 14.6 Å². The quantitative estimate of drug-likeness (QED) is 0.387. The van der Waals surface area contributed by atoms with E-state index >= 15 is 0 Å². The van der Waals surface area contributed by atoms with Crippen molar-refractivity contribution in [1.29, 1.82) is 0 Å². The predicted molar refractivity (Wildman–Crippen MR) is 106 cm³/mol. The van der Waals surface area contributed by atoms with Gasteiger partial charge in [-0.2, -0.15) is 28.5 Å². The molecule has 4 rings (SSSR count). The summed E-state index contributed by atoms with van der Waals surface area (Å²) >= 11 is 1.75. The van der Waals surface area contributed by atoms with Crippen LogP contribution in [0, 0.1) is 3.70 Å². The summed E-state index contributed by atoms with van der Waals surface area (Å²) in [6.07, 6.45) is 0.937. The zero-order valence-electron chi connectivity index (χ0n) is 15.3. The molecule has 10 nitrogen and oxygen atoms in total. The van der Waals surface area contributed by atoms with Gasteiger partial charge in [0.25, 0.3) is 5.16 Å². The van der Waals surface area contributed by atoms with Crippen molar-refractivity contribution < 1.29 is 31.5 Å². The van der Waals surface area contributed by atoms with Crippen LogP contribution in [0.25, 0.3) is 22.2 Å². The van der Waals surface area contributed by atoms with Crippen LogP contribution in [0.5, 0.6) is 0 Å². The Hall–Kier alpha value is -1.65. The number of anilines is 1. The Morgan fingerprint density at radius 1 is 1.34 bits per heavy atom. The molecule has 0 radical (unpaired) electrons. The van der Waals surface area contributed by atoms with E-state index in [0.717, 1.165) is 6.26 Å². The average Bonchev–Trinajstić information content (AvgIpc) is 3.07. The number of halogens is 3. The summed E-state index contributed by atoms with van der Waals surface area (Å²) in [5, 5.41) is 13.9. The van der Waals surface area contributed by atoms with Crippen molar-refractivity contribution in [3.8, 4) is 0 Å². The standard InChI is InChI=1S/C15H16F2IN5O5S/c1-15(24)5-22(3-4-27-6-15)11-7-8-9(10(18)21-23(8)13(16)17)28-12(7)20-14(19-11)29(2,25)26/h13,24H,3-6H2,1-2H3/t15-/m0/s1. The molecule has 14 heteroatoms. The van der Waals surface area contributed by atoms with Gasteiger partial charge in [-0.1, -0.05) is 0 Å². The molecule has 3 aromatic heterocycles. The van der Waals surface area contributed by atoms with E-state index in [1.807, 2.05) is 0 Å². The summed E-state index contributed by atoms with van der Waals surface area (Å²) in [7, 11) is -3.83. The van der Waals surface area contributed by atoms with Gasteiger partial charge in [-0.25, -0.2) is 8.42 Å². The van der Waals surface area contributed by atoms with Crippen molar-refractivity contribution in [2.24, 2.45) is 0 Å². The molecule has 1 aliphatic heterocycles. The maximum Gasteiger partial charge on any atom is 0.333 e. The highest BCUT2D eigenvalue weighted by Gasteiger charge is 2.33. The maximum absolute atomic E-state index is 13.6. The Balaban J connectivity index is 2.08. The van der Waals surface area contributed by atoms with Gasteiger partial charge in [-0.3, -0.25) is 0 Å². The van der Waals surface area contributed by atoms with E-state index in [1.165, 1.54) is 0 Å². The lowest BCUT2D eigenvalue weighted by Gasteiger charge is -2.28. The minimum Gasteiger partial charge on any atom is -0.433 e. The van der Waals surface area contributed by atoms with Crippen LogP contribution in [0.15, 0.2) is 9.57 Å². The Morgan fingerprint density at radius 3 is 2.72 bits per heavy atom. The summed E-state index contributed by atoms with van der Waals surface area (Å²) in [6.45, 7) is -0.835. The topological polar surface area (TPSA) is 124 Å². The monoisotopic (exact) mass is 543 g/mol. The van der Waals surface area contributed by atoms with E-state index in [0.29, 0.717) is 4.68 Å². The number of hydrogen-bond donors (Lipinski definition) is 1. The molecule has 4 heterocycles. The number of hydrogen-bond acceptors (Lipinski definition) is 9. The van der Waals surface area contributed by atoms with Gasteiger partial charge < -0.3 is 19.2 Å². The van der Waals surface area contributed by atoms with Crippen molar-refractivity contribution in [2.45, 2.75) is 24.2 Å². The lowest BCUT2D eigenvalue weighted by Crippen LogP contribution is -2.42. The maximum atomic E-state index is 13.6. The number of furan rings is 1. The Labute approximate surface area is 176 Å². The van der Waals surface area contributed by atoms with E-state index in [4.69, 9.17) is 9.15 Å². The summed E-state index contributed by atoms with van der Waals surface area (Å²) in [5.74, 6) is 0.0538. The van der Waals surface area contributed by atoms with Gasteiger partial charge in [-0.15, -0.1) is 0 Å². The van der Waals surface area contributed by atoms with Crippen molar-refractivity contribution >= 4 is 60.4 Å². The van der Waals surface area contributed by atoms with Crippen LogP contribution in [0.4, 0.5) is 14.6 Å². The third-order valence-corrected chi connectivity index (χ3v) is 5.92. The lowest BCUT2D eigenvalue weighted by molar-refractivity contribution is -0.0123. The highest BCUT2D eigenvalue weighted by atomic mass is 127. The van der Waals surface area contributed by atoms with Crippen molar-refractivity contribution in [3.05, 3.63) is 3.70 Å². The fourth-order valence-corrected chi connectivity index (χ4v) is 4.32. The first-order valence-corrected chi connectivity index (χ1v) is 11.4. The molecule has 1 aliphatic rings. The minimum absolute atomic E-state index is 0.0366. The number of alkyl halides is 2. The number of β-amino-alcohol motifs (C(OH)–C–C–N with tert-alkyl or cyclic N) is 1. The third kappa shape index (κ3) is 3.66. The number of aliphatic hydroxyl groups is 1. The van der Waals surface area contributed by atoms with E-state index in [9.17, 15) is 22.3 Å². The largest absolute Gasteiger partial charge is 0.433 e. The molecular weight excluding hydrogens is 527 g/mol. The zero-order chi connectivity index (χ0) is 21.1. The first-order valence-electron chi connectivity index (χ1n) is 8.39. The summed E-state index contributed by atoms with van der Waals surface area (Å²) in [4.78, 5) is 9.66. The van der Waals surface area contributed by atoms with Crippen LogP contribution in [-0.4, -0.2) is 71.4 Å². The number of aromatic nitrogens is 4. The fraction of sp³-hybridized carbons (Fsp3) is 0.533. The third-order valence-electron chi connectivity index (χ3n) is 4.36. The minimum atomic E-state index is -3.83. The van der Waals surface area contributed by atoms with Gasteiger partial charge in [0.1, 0.15) is 22.3 Å². The molecule has 1 fully saturated rings. The first-order chi connectivity index (χ1) is 13.5. The summed E-state index contributed by atoms with van der Waals surface area (Å²) in [6, 6.07) is 0. The number of rotatable bonds is 3. The molecule has 0 unspecified atom stereocenters. The number of fused-ring (bicyclic) bond motifs is 3. The van der Waals surface area contributed by atoms with Crippen molar-refractivity contribution in [2.75, 3.05) is 37.5 Å². The summed E-state index contributed by atoms with van der Waals surface area (Å²) < 4.78 is 63.0.